The van der Waals surface area contributed by atoms with Gasteiger partial charge in [0.25, 0.3) is 0 Å². The summed E-state index contributed by atoms with van der Waals surface area (Å²) < 4.78 is 11.9. The van der Waals surface area contributed by atoms with Crippen molar-refractivity contribution in [2.45, 2.75) is 13.5 Å². The van der Waals surface area contributed by atoms with Crippen molar-refractivity contribution in [1.29, 1.82) is 0 Å². The van der Waals surface area contributed by atoms with E-state index < -0.39 is 0 Å². The minimum absolute atomic E-state index is 0.440. The fourth-order valence-corrected chi connectivity index (χ4v) is 2.49. The number of hydrogen-bond acceptors (Lipinski definition) is 3. The van der Waals surface area contributed by atoms with Crippen LogP contribution in [0.1, 0.15) is 21.5 Å². The van der Waals surface area contributed by atoms with Gasteiger partial charge in [0.1, 0.15) is 12.9 Å². The SMILES string of the molecule is COc1c(C)c(C=O)cc(Br)c1OCc1ccccc1. The van der Waals surface area contributed by atoms with Crippen molar-refractivity contribution < 1.29 is 14.3 Å². The first kappa shape index (κ1) is 14.6. The van der Waals surface area contributed by atoms with Crippen LogP contribution in [0.2, 0.25) is 0 Å². The van der Waals surface area contributed by atoms with Gasteiger partial charge in [0.05, 0.1) is 11.6 Å². The Kier molecular flexibility index (Phi) is 4.79. The maximum atomic E-state index is 11.0. The van der Waals surface area contributed by atoms with Gasteiger partial charge in [0, 0.05) is 11.1 Å². The molecule has 20 heavy (non-hydrogen) atoms. The monoisotopic (exact) mass is 334 g/mol. The van der Waals surface area contributed by atoms with Crippen molar-refractivity contribution in [1.82, 2.24) is 0 Å². The molecule has 0 atom stereocenters. The molecule has 0 amide bonds. The standard InChI is InChI=1S/C16H15BrO3/c1-11-13(9-18)8-14(17)16(15(11)19-2)20-10-12-6-4-3-5-7-12/h3-9H,10H2,1-2H3. The van der Waals surface area contributed by atoms with Crippen LogP contribution in [0.3, 0.4) is 0 Å². The van der Waals surface area contributed by atoms with Crippen LogP contribution in [-0.4, -0.2) is 13.4 Å². The van der Waals surface area contributed by atoms with Gasteiger partial charge in [-0.15, -0.1) is 0 Å². The highest BCUT2D eigenvalue weighted by Crippen LogP contribution is 2.40. The lowest BCUT2D eigenvalue weighted by Crippen LogP contribution is -2.01. The Morgan fingerprint density at radius 2 is 1.90 bits per heavy atom. The van der Waals surface area contributed by atoms with E-state index >= 15 is 0 Å². The van der Waals surface area contributed by atoms with E-state index in [2.05, 4.69) is 15.9 Å². The lowest BCUT2D eigenvalue weighted by molar-refractivity contribution is 0.112. The molecular formula is C16H15BrO3. The summed E-state index contributed by atoms with van der Waals surface area (Å²) in [5.74, 6) is 1.19. The fraction of sp³-hybridized carbons (Fsp3) is 0.188. The summed E-state index contributed by atoms with van der Waals surface area (Å²) in [5, 5.41) is 0. The van der Waals surface area contributed by atoms with Crippen LogP contribution in [0.4, 0.5) is 0 Å². The number of benzene rings is 2. The molecule has 2 rings (SSSR count). The maximum Gasteiger partial charge on any atom is 0.176 e. The van der Waals surface area contributed by atoms with Crippen molar-refractivity contribution in [3.05, 3.63) is 57.6 Å². The van der Waals surface area contributed by atoms with E-state index in [1.807, 2.05) is 37.3 Å². The number of rotatable bonds is 5. The van der Waals surface area contributed by atoms with E-state index in [-0.39, 0.29) is 0 Å². The van der Waals surface area contributed by atoms with Gasteiger partial charge in [-0.3, -0.25) is 4.79 Å². The molecule has 0 unspecified atom stereocenters. The molecule has 2 aromatic rings. The van der Waals surface area contributed by atoms with E-state index in [1.54, 1.807) is 13.2 Å². The van der Waals surface area contributed by atoms with E-state index in [1.165, 1.54) is 0 Å². The van der Waals surface area contributed by atoms with Gasteiger partial charge < -0.3 is 9.47 Å². The molecule has 0 radical (unpaired) electrons. The molecule has 0 aliphatic rings. The first-order valence-corrected chi connectivity index (χ1v) is 6.95. The molecule has 0 bridgehead atoms. The third-order valence-corrected chi connectivity index (χ3v) is 3.63. The minimum atomic E-state index is 0.440. The molecule has 0 aromatic heterocycles. The van der Waals surface area contributed by atoms with Gasteiger partial charge in [-0.2, -0.15) is 0 Å². The molecule has 0 N–H and O–H groups in total. The number of halogens is 1. The Labute approximate surface area is 126 Å². The number of aldehydes is 1. The smallest absolute Gasteiger partial charge is 0.176 e. The largest absolute Gasteiger partial charge is 0.493 e. The van der Waals surface area contributed by atoms with E-state index in [4.69, 9.17) is 9.47 Å². The molecular weight excluding hydrogens is 320 g/mol. The average Bonchev–Trinajstić information content (AvgIpc) is 2.48. The summed E-state index contributed by atoms with van der Waals surface area (Å²) in [5.41, 5.74) is 2.42. The van der Waals surface area contributed by atoms with Crippen molar-refractivity contribution >= 4 is 22.2 Å². The average molecular weight is 335 g/mol. The third-order valence-electron chi connectivity index (χ3n) is 3.04. The van der Waals surface area contributed by atoms with Crippen LogP contribution >= 0.6 is 15.9 Å². The number of hydrogen-bond donors (Lipinski definition) is 0. The summed E-state index contributed by atoms with van der Waals surface area (Å²) in [6.07, 6.45) is 0.809. The van der Waals surface area contributed by atoms with Crippen LogP contribution in [0.25, 0.3) is 0 Å². The molecule has 0 aliphatic carbocycles. The third kappa shape index (κ3) is 3.02. The first-order valence-electron chi connectivity index (χ1n) is 6.16. The van der Waals surface area contributed by atoms with Crippen molar-refractivity contribution in [3.8, 4) is 11.5 Å². The highest BCUT2D eigenvalue weighted by atomic mass is 79.9. The molecule has 104 valence electrons. The zero-order chi connectivity index (χ0) is 14.5. The highest BCUT2D eigenvalue weighted by Gasteiger charge is 2.16. The summed E-state index contributed by atoms with van der Waals surface area (Å²) in [6.45, 7) is 2.28. The molecule has 0 saturated heterocycles. The second-order valence-electron chi connectivity index (χ2n) is 4.33. The Balaban J connectivity index is 2.31. The van der Waals surface area contributed by atoms with Crippen LogP contribution in [0.5, 0.6) is 11.5 Å². The predicted octanol–water partition coefficient (Wildman–Crippen LogP) is 4.16. The fourth-order valence-electron chi connectivity index (χ4n) is 1.95. The summed E-state index contributed by atoms with van der Waals surface area (Å²) in [7, 11) is 1.57. The van der Waals surface area contributed by atoms with Gasteiger partial charge in [-0.05, 0) is 34.5 Å². The van der Waals surface area contributed by atoms with Crippen LogP contribution in [0.15, 0.2) is 40.9 Å². The quantitative estimate of drug-likeness (QED) is 0.770. The zero-order valence-electron chi connectivity index (χ0n) is 11.4. The number of carbonyl (C=O) groups excluding carboxylic acids is 1. The Morgan fingerprint density at radius 1 is 1.20 bits per heavy atom. The van der Waals surface area contributed by atoms with Crippen LogP contribution in [-0.2, 0) is 6.61 Å². The number of carbonyl (C=O) groups is 1. The second kappa shape index (κ2) is 6.57. The number of ether oxygens (including phenoxy) is 2. The maximum absolute atomic E-state index is 11.0. The lowest BCUT2D eigenvalue weighted by Gasteiger charge is -2.16. The molecule has 0 aliphatic heterocycles. The van der Waals surface area contributed by atoms with Crippen LogP contribution in [0, 0.1) is 6.92 Å². The topological polar surface area (TPSA) is 35.5 Å². The molecule has 0 fully saturated rings. The van der Waals surface area contributed by atoms with Gasteiger partial charge >= 0.3 is 0 Å². The molecule has 0 heterocycles. The molecule has 2 aromatic carbocycles. The summed E-state index contributed by atoms with van der Waals surface area (Å²) >= 11 is 3.42. The Hall–Kier alpha value is -1.81. The van der Waals surface area contributed by atoms with Crippen molar-refractivity contribution in [2.24, 2.45) is 0 Å². The Morgan fingerprint density at radius 3 is 2.50 bits per heavy atom. The summed E-state index contributed by atoms with van der Waals surface area (Å²) in [4.78, 5) is 11.0. The second-order valence-corrected chi connectivity index (χ2v) is 5.18. The van der Waals surface area contributed by atoms with Crippen LogP contribution < -0.4 is 9.47 Å². The highest BCUT2D eigenvalue weighted by molar-refractivity contribution is 9.10. The van der Waals surface area contributed by atoms with Gasteiger partial charge in [-0.25, -0.2) is 0 Å². The van der Waals surface area contributed by atoms with E-state index in [9.17, 15) is 4.79 Å². The van der Waals surface area contributed by atoms with Gasteiger partial charge in [0.2, 0.25) is 0 Å². The minimum Gasteiger partial charge on any atom is -0.493 e. The van der Waals surface area contributed by atoms with Crippen molar-refractivity contribution in [2.75, 3.05) is 7.11 Å². The Bertz CT molecular complexity index is 609. The summed E-state index contributed by atoms with van der Waals surface area (Å²) in [6, 6.07) is 11.6. The lowest BCUT2D eigenvalue weighted by atomic mass is 10.1. The molecule has 0 saturated carbocycles. The zero-order valence-corrected chi connectivity index (χ0v) is 12.9. The predicted molar refractivity (Wildman–Crippen MR) is 81.6 cm³/mol. The molecule has 0 spiro atoms. The molecule has 4 heteroatoms. The molecule has 3 nitrogen and oxygen atoms in total. The van der Waals surface area contributed by atoms with E-state index in [0.29, 0.717) is 28.1 Å². The number of methoxy groups -OCH3 is 1. The van der Waals surface area contributed by atoms with Gasteiger partial charge in [0.15, 0.2) is 11.5 Å². The first-order chi connectivity index (χ1) is 9.67. The van der Waals surface area contributed by atoms with E-state index in [0.717, 1.165) is 17.4 Å². The normalized spacial score (nSPS) is 10.2. The van der Waals surface area contributed by atoms with Gasteiger partial charge in [-0.1, -0.05) is 30.3 Å². The van der Waals surface area contributed by atoms with Crippen molar-refractivity contribution in [3.63, 3.8) is 0 Å².